The summed E-state index contributed by atoms with van der Waals surface area (Å²) in [4.78, 5) is 39.7. The van der Waals surface area contributed by atoms with Crippen molar-refractivity contribution in [2.24, 2.45) is 0 Å². The number of nitrogens with one attached hydrogen (secondary N) is 1. The van der Waals surface area contributed by atoms with E-state index in [9.17, 15) is 14.4 Å². The van der Waals surface area contributed by atoms with E-state index < -0.39 is 5.97 Å². The normalized spacial score (nSPS) is 13.3. The lowest BCUT2D eigenvalue weighted by Crippen LogP contribution is -2.37. The maximum Gasteiger partial charge on any atom is 0.341 e. The number of carbonyl (C=O) groups excluding carboxylic acids is 3. The summed E-state index contributed by atoms with van der Waals surface area (Å²) in [7, 11) is 3.20. The highest BCUT2D eigenvalue weighted by Gasteiger charge is 2.26. The van der Waals surface area contributed by atoms with Crippen LogP contribution in [-0.2, 0) is 22.5 Å². The monoisotopic (exact) mass is 460 g/mol. The largest absolute Gasteiger partial charge is 0.493 e. The van der Waals surface area contributed by atoms with Crippen LogP contribution in [0.1, 0.15) is 50.6 Å². The first-order valence-electron chi connectivity index (χ1n) is 10.4. The maximum absolute atomic E-state index is 12.8. The van der Waals surface area contributed by atoms with Crippen molar-refractivity contribution in [3.63, 3.8) is 0 Å². The number of hydrogen-bond acceptors (Lipinski definition) is 8. The molecule has 1 aromatic heterocycles. The van der Waals surface area contributed by atoms with Crippen molar-refractivity contribution in [3.05, 3.63) is 39.3 Å². The molecule has 172 valence electrons. The zero-order valence-electron chi connectivity index (χ0n) is 19.0. The minimum atomic E-state index is -0.544. The number of Topliss-reactive ketones (excluding diaryl/α,β-unsaturated/α-hetero) is 1. The van der Waals surface area contributed by atoms with E-state index in [1.807, 2.05) is 17.0 Å². The number of carbonyl (C=O) groups is 3. The number of rotatable bonds is 8. The lowest BCUT2D eigenvalue weighted by atomic mass is 9.99. The molecule has 9 heteroatoms. The topological polar surface area (TPSA) is 94.2 Å². The Bertz CT molecular complexity index is 1050. The first-order chi connectivity index (χ1) is 15.3. The molecule has 8 nitrogen and oxygen atoms in total. The summed E-state index contributed by atoms with van der Waals surface area (Å²) in [5.74, 6) is 0.393. The summed E-state index contributed by atoms with van der Waals surface area (Å²) in [6.07, 6.45) is 0.781. The predicted octanol–water partition coefficient (Wildman–Crippen LogP) is 3.45. The molecule has 1 N–H and O–H groups in total. The molecule has 0 radical (unpaired) electrons. The SMILES string of the molecule is CCOC(=O)c1c(NC(=O)CN2CCc3cc(OC)c(OC)cc3C2)sc(C(C)=O)c1C. The van der Waals surface area contributed by atoms with Crippen molar-refractivity contribution < 1.29 is 28.6 Å². The van der Waals surface area contributed by atoms with E-state index in [1.165, 1.54) is 12.5 Å². The number of anilines is 1. The number of ether oxygens (including phenoxy) is 3. The lowest BCUT2D eigenvalue weighted by molar-refractivity contribution is -0.117. The van der Waals surface area contributed by atoms with Crippen LogP contribution in [0.25, 0.3) is 0 Å². The number of fused-ring (bicyclic) bond motifs is 1. The van der Waals surface area contributed by atoms with Gasteiger partial charge in [-0.2, -0.15) is 0 Å². The smallest absolute Gasteiger partial charge is 0.341 e. The Hall–Kier alpha value is -2.91. The van der Waals surface area contributed by atoms with Crippen molar-refractivity contribution in [1.82, 2.24) is 4.90 Å². The highest BCUT2D eigenvalue weighted by atomic mass is 32.1. The molecule has 0 aliphatic carbocycles. The van der Waals surface area contributed by atoms with E-state index in [1.54, 1.807) is 28.1 Å². The van der Waals surface area contributed by atoms with Crippen LogP contribution in [-0.4, -0.2) is 56.5 Å². The third-order valence-electron chi connectivity index (χ3n) is 5.36. The van der Waals surface area contributed by atoms with Crippen molar-refractivity contribution in [1.29, 1.82) is 0 Å². The second kappa shape index (κ2) is 10.1. The van der Waals surface area contributed by atoms with E-state index >= 15 is 0 Å². The third kappa shape index (κ3) is 4.94. The molecule has 0 bridgehead atoms. The van der Waals surface area contributed by atoms with Crippen LogP contribution in [0.5, 0.6) is 11.5 Å². The molecule has 1 aliphatic heterocycles. The fourth-order valence-electron chi connectivity index (χ4n) is 3.83. The molecular weight excluding hydrogens is 432 g/mol. The third-order valence-corrected chi connectivity index (χ3v) is 6.67. The van der Waals surface area contributed by atoms with Gasteiger partial charge in [0.15, 0.2) is 17.3 Å². The molecule has 2 aromatic rings. The summed E-state index contributed by atoms with van der Waals surface area (Å²) in [5.41, 5.74) is 3.03. The summed E-state index contributed by atoms with van der Waals surface area (Å²) >= 11 is 1.11. The van der Waals surface area contributed by atoms with Crippen LogP contribution in [0.3, 0.4) is 0 Å². The number of benzene rings is 1. The molecule has 0 saturated carbocycles. The summed E-state index contributed by atoms with van der Waals surface area (Å²) in [6.45, 7) is 6.51. The highest BCUT2D eigenvalue weighted by molar-refractivity contribution is 7.18. The van der Waals surface area contributed by atoms with Gasteiger partial charge in [0.05, 0.1) is 37.8 Å². The minimum Gasteiger partial charge on any atom is -0.493 e. The minimum absolute atomic E-state index is 0.155. The van der Waals surface area contributed by atoms with Crippen LogP contribution >= 0.6 is 11.3 Å². The van der Waals surface area contributed by atoms with Gasteiger partial charge >= 0.3 is 5.97 Å². The van der Waals surface area contributed by atoms with Crippen LogP contribution < -0.4 is 14.8 Å². The fraction of sp³-hybridized carbons (Fsp3) is 0.435. The van der Waals surface area contributed by atoms with Crippen molar-refractivity contribution in [2.75, 3.05) is 39.2 Å². The number of nitrogens with zero attached hydrogens (tertiary/aromatic N) is 1. The second-order valence-electron chi connectivity index (χ2n) is 7.52. The van der Waals surface area contributed by atoms with Gasteiger partial charge in [0.2, 0.25) is 5.91 Å². The first kappa shape index (κ1) is 23.7. The molecule has 32 heavy (non-hydrogen) atoms. The van der Waals surface area contributed by atoms with Gasteiger partial charge in [-0.25, -0.2) is 4.79 Å². The average Bonchev–Trinajstić information content (AvgIpc) is 3.08. The molecule has 2 heterocycles. The molecule has 3 rings (SSSR count). The Labute approximate surface area is 191 Å². The quantitative estimate of drug-likeness (QED) is 0.476. The van der Waals surface area contributed by atoms with Crippen LogP contribution in [0, 0.1) is 6.92 Å². The molecule has 1 amide bonds. The van der Waals surface area contributed by atoms with Gasteiger partial charge in [-0.05, 0) is 56.0 Å². The molecule has 0 unspecified atom stereocenters. The van der Waals surface area contributed by atoms with E-state index in [-0.39, 0.29) is 30.4 Å². The van der Waals surface area contributed by atoms with Crippen LogP contribution in [0.4, 0.5) is 5.00 Å². The van der Waals surface area contributed by atoms with Crippen LogP contribution in [0.2, 0.25) is 0 Å². The van der Waals surface area contributed by atoms with Crippen LogP contribution in [0.15, 0.2) is 12.1 Å². The number of amides is 1. The van der Waals surface area contributed by atoms with Gasteiger partial charge in [0, 0.05) is 13.1 Å². The van der Waals surface area contributed by atoms with E-state index in [0.717, 1.165) is 23.3 Å². The predicted molar refractivity (Wildman–Crippen MR) is 122 cm³/mol. The van der Waals surface area contributed by atoms with Crippen molar-refractivity contribution in [3.8, 4) is 11.5 Å². The Morgan fingerprint density at radius 2 is 1.78 bits per heavy atom. The highest BCUT2D eigenvalue weighted by Crippen LogP contribution is 2.35. The van der Waals surface area contributed by atoms with Gasteiger partial charge in [-0.15, -0.1) is 11.3 Å². The molecule has 0 saturated heterocycles. The summed E-state index contributed by atoms with van der Waals surface area (Å²) < 4.78 is 15.9. The number of ketones is 1. The summed E-state index contributed by atoms with van der Waals surface area (Å²) in [5, 5.41) is 3.17. The van der Waals surface area contributed by atoms with Crippen molar-refractivity contribution >= 4 is 34.0 Å². The number of esters is 1. The molecule has 0 fully saturated rings. The Kier molecular flexibility index (Phi) is 7.52. The fourth-order valence-corrected chi connectivity index (χ4v) is 4.94. The molecule has 1 aromatic carbocycles. The van der Waals surface area contributed by atoms with Gasteiger partial charge < -0.3 is 19.5 Å². The van der Waals surface area contributed by atoms with Gasteiger partial charge in [-0.3, -0.25) is 14.5 Å². The second-order valence-corrected chi connectivity index (χ2v) is 8.54. The van der Waals surface area contributed by atoms with E-state index in [4.69, 9.17) is 14.2 Å². The Morgan fingerprint density at radius 3 is 2.38 bits per heavy atom. The number of hydrogen-bond donors (Lipinski definition) is 1. The average molecular weight is 461 g/mol. The summed E-state index contributed by atoms with van der Waals surface area (Å²) in [6, 6.07) is 3.92. The zero-order chi connectivity index (χ0) is 23.4. The van der Waals surface area contributed by atoms with Gasteiger partial charge in [0.1, 0.15) is 5.00 Å². The Balaban J connectivity index is 1.75. The molecule has 0 atom stereocenters. The van der Waals surface area contributed by atoms with E-state index in [0.29, 0.717) is 40.0 Å². The maximum atomic E-state index is 12.8. The lowest BCUT2D eigenvalue weighted by Gasteiger charge is -2.29. The Morgan fingerprint density at radius 1 is 1.12 bits per heavy atom. The number of methoxy groups -OCH3 is 2. The molecular formula is C23H28N2O6S. The molecule has 0 spiro atoms. The first-order valence-corrected chi connectivity index (χ1v) is 11.2. The van der Waals surface area contributed by atoms with Gasteiger partial charge in [0.25, 0.3) is 0 Å². The van der Waals surface area contributed by atoms with E-state index in [2.05, 4.69) is 5.32 Å². The molecule has 1 aliphatic rings. The standard InChI is InChI=1S/C23H28N2O6S/c1-6-31-23(28)20-13(2)21(14(3)26)32-22(20)24-19(27)12-25-8-7-15-9-17(29-4)18(30-5)10-16(15)11-25/h9-10H,6-8,11-12H2,1-5H3,(H,24,27). The van der Waals surface area contributed by atoms with Gasteiger partial charge in [-0.1, -0.05) is 0 Å². The number of thiophene rings is 1. The zero-order valence-corrected chi connectivity index (χ0v) is 19.8. The van der Waals surface area contributed by atoms with Crippen molar-refractivity contribution in [2.45, 2.75) is 33.7 Å².